The number of benzene rings is 6. The van der Waals surface area contributed by atoms with Crippen LogP contribution >= 0.6 is 22.7 Å². The second-order valence-corrected chi connectivity index (χ2v) is 15.4. The molecule has 0 spiro atoms. The van der Waals surface area contributed by atoms with Crippen LogP contribution in [0.25, 0.3) is 107 Å². The number of nitrogens with zero attached hydrogens (tertiary/aromatic N) is 4. The fourth-order valence-electron chi connectivity index (χ4n) is 8.48. The van der Waals surface area contributed by atoms with Gasteiger partial charge in [-0.3, -0.25) is 9.13 Å². The smallest absolute Gasteiger partial charge is 0.155 e. The SMILES string of the molecule is c1ccc(-c2c3c(cc4c5ccccc5n(-c5nccc6c5sc5ccccc56)c24)c2ccccc2n3-c2nccc3c2sc2ccccc23)cc1. The van der Waals surface area contributed by atoms with Crippen LogP contribution in [0.4, 0.5) is 0 Å². The Morgan fingerprint density at radius 2 is 0.827 bits per heavy atom. The highest BCUT2D eigenvalue weighted by Gasteiger charge is 2.27. The molecule has 6 heterocycles. The van der Waals surface area contributed by atoms with Crippen LogP contribution in [0, 0.1) is 0 Å². The van der Waals surface area contributed by atoms with Gasteiger partial charge in [-0.15, -0.1) is 22.7 Å². The van der Waals surface area contributed by atoms with Crippen molar-refractivity contribution in [2.45, 2.75) is 0 Å². The lowest BCUT2D eigenvalue weighted by Crippen LogP contribution is -2.02. The quantitative estimate of drug-likeness (QED) is 0.184. The summed E-state index contributed by atoms with van der Waals surface area (Å²) < 4.78 is 9.76. The van der Waals surface area contributed by atoms with Crippen LogP contribution in [0.1, 0.15) is 0 Å². The summed E-state index contributed by atoms with van der Waals surface area (Å²) in [6, 6.07) is 52.6. The molecule has 0 aliphatic carbocycles. The molecule has 12 rings (SSSR count). The Morgan fingerprint density at radius 1 is 0.385 bits per heavy atom. The molecule has 0 saturated carbocycles. The summed E-state index contributed by atoms with van der Waals surface area (Å²) in [5.74, 6) is 1.91. The Kier molecular flexibility index (Phi) is 5.78. The fraction of sp³-hybridized carbons (Fsp3) is 0. The van der Waals surface area contributed by atoms with Gasteiger partial charge >= 0.3 is 0 Å². The summed E-state index contributed by atoms with van der Waals surface area (Å²) in [5, 5.41) is 9.81. The Labute approximate surface area is 305 Å². The second kappa shape index (κ2) is 10.6. The van der Waals surface area contributed by atoms with Crippen LogP contribution in [0.2, 0.25) is 0 Å². The van der Waals surface area contributed by atoms with Crippen molar-refractivity contribution in [2.24, 2.45) is 0 Å². The first-order valence-corrected chi connectivity index (χ1v) is 19.0. The first-order valence-electron chi connectivity index (χ1n) is 17.4. The summed E-state index contributed by atoms with van der Waals surface area (Å²) in [4.78, 5) is 10.4. The predicted octanol–water partition coefficient (Wildman–Crippen LogP) is 13.1. The van der Waals surface area contributed by atoms with Crippen LogP contribution in [0.15, 0.2) is 158 Å². The summed E-state index contributed by atoms with van der Waals surface area (Å²) >= 11 is 3.64. The molecule has 52 heavy (non-hydrogen) atoms. The molecule has 0 N–H and O–H groups in total. The Bertz CT molecular complexity index is 3210. The molecule has 0 aliphatic heterocycles. The molecule has 0 radical (unpaired) electrons. The molecule has 4 nitrogen and oxygen atoms in total. The van der Waals surface area contributed by atoms with E-state index < -0.39 is 0 Å². The molecule has 242 valence electrons. The van der Waals surface area contributed by atoms with Crippen LogP contribution in [-0.4, -0.2) is 19.1 Å². The monoisotopic (exact) mass is 698 g/mol. The summed E-state index contributed by atoms with van der Waals surface area (Å²) in [6.07, 6.45) is 3.95. The third-order valence-corrected chi connectivity index (χ3v) is 13.0. The van der Waals surface area contributed by atoms with Gasteiger partial charge in [0.1, 0.15) is 0 Å². The third kappa shape index (κ3) is 3.74. The van der Waals surface area contributed by atoms with Gasteiger partial charge in [0.25, 0.3) is 0 Å². The maximum atomic E-state index is 5.20. The lowest BCUT2D eigenvalue weighted by atomic mass is 9.97. The van der Waals surface area contributed by atoms with Gasteiger partial charge in [0.2, 0.25) is 0 Å². The molecule has 0 amide bonds. The standard InChI is InChI=1S/C46H26N4S2/c1-2-12-27(13-3-1)40-41-34(28-14-4-8-18-36(28)49(41)45-43-32(22-24-47-45)30-16-6-10-20-38(30)51-43)26-35-29-15-5-9-19-37(29)50(42(35)40)46-44-33(23-25-48-46)31-17-7-11-21-39(31)52-44/h1-26H. The zero-order chi connectivity index (χ0) is 33.9. The molecule has 0 atom stereocenters. The van der Waals surface area contributed by atoms with Crippen LogP contribution in [0.5, 0.6) is 0 Å². The largest absolute Gasteiger partial charge is 0.292 e. The van der Waals surface area contributed by atoms with E-state index in [-0.39, 0.29) is 0 Å². The van der Waals surface area contributed by atoms with Gasteiger partial charge in [0.05, 0.1) is 31.5 Å². The second-order valence-electron chi connectivity index (χ2n) is 13.3. The number of rotatable bonds is 3. The zero-order valence-electron chi connectivity index (χ0n) is 27.6. The van der Waals surface area contributed by atoms with Gasteiger partial charge < -0.3 is 0 Å². The van der Waals surface area contributed by atoms with Crippen molar-refractivity contribution >= 4 is 107 Å². The van der Waals surface area contributed by atoms with Crippen LogP contribution < -0.4 is 0 Å². The number of aromatic nitrogens is 4. The Morgan fingerprint density at radius 3 is 1.35 bits per heavy atom. The molecule has 6 aromatic heterocycles. The van der Waals surface area contributed by atoms with Crippen LogP contribution in [-0.2, 0) is 0 Å². The molecule has 0 aliphatic rings. The fourth-order valence-corrected chi connectivity index (χ4v) is 10.8. The zero-order valence-corrected chi connectivity index (χ0v) is 29.2. The van der Waals surface area contributed by atoms with E-state index in [2.05, 4.69) is 155 Å². The maximum absolute atomic E-state index is 5.20. The summed E-state index contributed by atoms with van der Waals surface area (Å²) in [5.41, 5.74) is 6.88. The van der Waals surface area contributed by atoms with E-state index in [1.54, 1.807) is 0 Å². The lowest BCUT2D eigenvalue weighted by Gasteiger charge is -2.16. The van der Waals surface area contributed by atoms with Crippen LogP contribution in [0.3, 0.4) is 0 Å². The molecule has 12 aromatic rings. The van der Waals surface area contributed by atoms with Crippen molar-refractivity contribution in [3.05, 3.63) is 158 Å². The van der Waals surface area contributed by atoms with Gasteiger partial charge in [-0.2, -0.15) is 0 Å². The predicted molar refractivity (Wildman–Crippen MR) is 222 cm³/mol. The topological polar surface area (TPSA) is 35.6 Å². The Balaban J connectivity index is 1.34. The number of fused-ring (bicyclic) bond motifs is 12. The molecule has 0 saturated heterocycles. The van der Waals surface area contributed by atoms with E-state index >= 15 is 0 Å². The molecule has 6 aromatic carbocycles. The average Bonchev–Trinajstić information content (AvgIpc) is 3.95. The van der Waals surface area contributed by atoms with Crippen molar-refractivity contribution in [1.82, 2.24) is 19.1 Å². The highest BCUT2D eigenvalue weighted by molar-refractivity contribution is 7.26. The number of pyridine rings is 2. The third-order valence-electron chi connectivity index (χ3n) is 10.6. The highest BCUT2D eigenvalue weighted by Crippen LogP contribution is 2.48. The van der Waals surface area contributed by atoms with Gasteiger partial charge in [-0.1, -0.05) is 103 Å². The van der Waals surface area contributed by atoms with Crippen molar-refractivity contribution in [1.29, 1.82) is 0 Å². The minimum absolute atomic E-state index is 0.953. The lowest BCUT2D eigenvalue weighted by molar-refractivity contribution is 1.10. The summed E-state index contributed by atoms with van der Waals surface area (Å²) in [7, 11) is 0. The van der Waals surface area contributed by atoms with Gasteiger partial charge in [0.15, 0.2) is 11.6 Å². The highest BCUT2D eigenvalue weighted by atomic mass is 32.1. The average molecular weight is 699 g/mol. The van der Waals surface area contributed by atoms with Gasteiger partial charge in [-0.05, 0) is 48.0 Å². The van der Waals surface area contributed by atoms with Crippen molar-refractivity contribution in [2.75, 3.05) is 0 Å². The van der Waals surface area contributed by atoms with Gasteiger partial charge in [0, 0.05) is 70.4 Å². The first-order chi connectivity index (χ1) is 25.8. The normalized spacial score (nSPS) is 12.2. The van der Waals surface area contributed by atoms with Crippen molar-refractivity contribution in [3.8, 4) is 22.8 Å². The molecule has 6 heteroatoms. The van der Waals surface area contributed by atoms with E-state index in [0.29, 0.717) is 0 Å². The van der Waals surface area contributed by atoms with E-state index in [9.17, 15) is 0 Å². The molecule has 0 bridgehead atoms. The van der Waals surface area contributed by atoms with Crippen molar-refractivity contribution in [3.63, 3.8) is 0 Å². The number of thiophene rings is 2. The van der Waals surface area contributed by atoms with E-state index in [0.717, 1.165) is 39.3 Å². The first kappa shape index (κ1) is 28.4. The van der Waals surface area contributed by atoms with E-state index in [1.165, 1.54) is 67.5 Å². The van der Waals surface area contributed by atoms with E-state index in [1.807, 2.05) is 35.1 Å². The number of hydrogen-bond donors (Lipinski definition) is 0. The summed E-state index contributed by atoms with van der Waals surface area (Å²) in [6.45, 7) is 0. The van der Waals surface area contributed by atoms with Crippen molar-refractivity contribution < 1.29 is 0 Å². The van der Waals surface area contributed by atoms with E-state index in [4.69, 9.17) is 9.97 Å². The molecular formula is C46H26N4S2. The molecule has 0 fully saturated rings. The number of hydrogen-bond acceptors (Lipinski definition) is 4. The maximum Gasteiger partial charge on any atom is 0.155 e. The molecule has 0 unspecified atom stereocenters. The number of para-hydroxylation sites is 2. The molecular weight excluding hydrogens is 673 g/mol. The minimum atomic E-state index is 0.953. The minimum Gasteiger partial charge on any atom is -0.292 e. The Hall–Kier alpha value is -6.34. The van der Waals surface area contributed by atoms with Gasteiger partial charge in [-0.25, -0.2) is 9.97 Å².